The van der Waals surface area contributed by atoms with Crippen molar-refractivity contribution in [3.05, 3.63) is 0 Å². The molecule has 124 valence electrons. The first-order chi connectivity index (χ1) is 9.50. The van der Waals surface area contributed by atoms with Gasteiger partial charge < -0.3 is 30.3 Å². The maximum Gasteiger partial charge on any atom is 1.00 e. The van der Waals surface area contributed by atoms with Crippen molar-refractivity contribution in [2.24, 2.45) is 5.16 Å². The number of aliphatic hydroxyl groups excluding tert-OH is 4. The smallest absolute Gasteiger partial charge is 0.859 e. The van der Waals surface area contributed by atoms with Crippen LogP contribution in [0.3, 0.4) is 0 Å². The van der Waals surface area contributed by atoms with Gasteiger partial charge in [-0.15, -0.1) is 12.6 Å². The molecule has 0 spiro atoms. The summed E-state index contributed by atoms with van der Waals surface area (Å²) in [6, 6.07) is 0. The summed E-state index contributed by atoms with van der Waals surface area (Å²) in [5.41, 5.74) is 0. The SMILES string of the molecule is O=S(=O)(O)O/N=C(\[O-])C[C@@]1(S)O[C@H](CO)[C@@H](O)[C@H](O)[C@H]1O.[K+]. The third kappa shape index (κ3) is 6.12. The van der Waals surface area contributed by atoms with E-state index >= 15 is 0 Å². The van der Waals surface area contributed by atoms with Crippen LogP contribution < -0.4 is 56.5 Å². The van der Waals surface area contributed by atoms with Gasteiger partial charge in [0.1, 0.15) is 29.3 Å². The summed E-state index contributed by atoms with van der Waals surface area (Å²) in [6.45, 7) is -0.736. The fourth-order valence-electron chi connectivity index (χ4n) is 1.70. The van der Waals surface area contributed by atoms with Crippen LogP contribution in [0.4, 0.5) is 0 Å². The monoisotopic (exact) mass is 387 g/mol. The summed E-state index contributed by atoms with van der Waals surface area (Å²) < 4.78 is 37.2. The molecule has 1 rings (SSSR count). The molecule has 0 radical (unpaired) electrons. The second kappa shape index (κ2) is 8.89. The van der Waals surface area contributed by atoms with E-state index in [9.17, 15) is 28.8 Å². The van der Waals surface area contributed by atoms with Gasteiger partial charge in [0, 0.05) is 12.3 Å². The zero-order chi connectivity index (χ0) is 16.4. The van der Waals surface area contributed by atoms with Crippen molar-refractivity contribution in [2.45, 2.75) is 35.8 Å². The van der Waals surface area contributed by atoms with Gasteiger partial charge in [-0.25, -0.2) is 4.28 Å². The van der Waals surface area contributed by atoms with E-state index in [1.165, 1.54) is 0 Å². The summed E-state index contributed by atoms with van der Waals surface area (Å²) in [6.07, 6.45) is -7.44. The molecule has 0 bridgehead atoms. The van der Waals surface area contributed by atoms with Gasteiger partial charge in [0.2, 0.25) is 0 Å². The van der Waals surface area contributed by atoms with Crippen molar-refractivity contribution < 1.29 is 98.9 Å². The Morgan fingerprint density at radius 1 is 1.36 bits per heavy atom. The second-order valence-electron chi connectivity index (χ2n) is 4.27. The van der Waals surface area contributed by atoms with Crippen LogP contribution in [0.25, 0.3) is 0 Å². The predicted octanol–water partition coefficient (Wildman–Crippen LogP) is -7.03. The molecule has 0 unspecified atom stereocenters. The Balaban J connectivity index is 0.00000441. The molecule has 0 aliphatic carbocycles. The quantitative estimate of drug-likeness (QED) is 0.0660. The van der Waals surface area contributed by atoms with Gasteiger partial charge in [-0.2, -0.15) is 8.42 Å². The predicted molar refractivity (Wildman–Crippen MR) is 66.4 cm³/mol. The van der Waals surface area contributed by atoms with E-state index in [0.717, 1.165) is 0 Å². The van der Waals surface area contributed by atoms with Crippen LogP contribution in [0.5, 0.6) is 0 Å². The molecule has 0 saturated carbocycles. The maximum absolute atomic E-state index is 11.4. The summed E-state index contributed by atoms with van der Waals surface area (Å²) in [4.78, 5) is -2.06. The second-order valence-corrected chi connectivity index (χ2v) is 6.04. The molecule has 5 N–H and O–H groups in total. The Morgan fingerprint density at radius 3 is 2.36 bits per heavy atom. The molecule has 0 aromatic carbocycles. The number of thiol groups is 1. The number of nitrogens with zero attached hydrogens (tertiary/aromatic N) is 1. The Bertz CT molecular complexity index is 499. The maximum atomic E-state index is 11.4. The Labute approximate surface area is 173 Å². The number of oxime groups is 1. The fraction of sp³-hybridized carbons (Fsp3) is 0.875. The van der Waals surface area contributed by atoms with Crippen molar-refractivity contribution in [1.82, 2.24) is 0 Å². The molecule has 0 aromatic heterocycles. The van der Waals surface area contributed by atoms with E-state index in [-0.39, 0.29) is 51.4 Å². The first-order valence-electron chi connectivity index (χ1n) is 5.45. The molecule has 0 amide bonds. The van der Waals surface area contributed by atoms with Crippen LogP contribution in [0.15, 0.2) is 5.16 Å². The van der Waals surface area contributed by atoms with Crippen molar-refractivity contribution in [3.8, 4) is 0 Å². The molecule has 14 heteroatoms. The van der Waals surface area contributed by atoms with Crippen LogP contribution in [-0.2, 0) is 19.4 Å². The zero-order valence-corrected chi connectivity index (χ0v) is 16.1. The minimum Gasteiger partial charge on any atom is -0.859 e. The number of aliphatic hydroxyl groups is 4. The summed E-state index contributed by atoms with van der Waals surface area (Å²) in [7, 11) is -4.97. The van der Waals surface area contributed by atoms with Gasteiger partial charge in [-0.3, -0.25) is 4.55 Å². The standard InChI is InChI=1S/C8H15NO10S2.K/c10-2-3-5(12)6(13)7(14)8(20,18-3)1-4(11)9-19-21(15,16)17;/h3,5-7,10,12-14,20H,1-2H2,(H,9,11)(H,15,16,17);/q;+1/p-1/t3-,5-,6+,7-,8+;/m1./s1. The van der Waals surface area contributed by atoms with E-state index in [1.807, 2.05) is 0 Å². The molecular weight excluding hydrogens is 373 g/mol. The summed E-state index contributed by atoms with van der Waals surface area (Å²) in [5.74, 6) is -1.29. The van der Waals surface area contributed by atoms with Gasteiger partial charge in [0.25, 0.3) is 0 Å². The molecule has 0 aromatic rings. The van der Waals surface area contributed by atoms with Crippen LogP contribution in [0.1, 0.15) is 6.42 Å². The number of ether oxygens (including phenoxy) is 1. The number of rotatable bonds is 5. The average Bonchev–Trinajstić information content (AvgIpc) is 2.38. The van der Waals surface area contributed by atoms with Crippen LogP contribution in [0.2, 0.25) is 0 Å². The van der Waals surface area contributed by atoms with Gasteiger partial charge in [0.15, 0.2) is 0 Å². The van der Waals surface area contributed by atoms with E-state index in [1.54, 1.807) is 0 Å². The van der Waals surface area contributed by atoms with Gasteiger partial charge in [-0.05, 0) is 0 Å². The first-order valence-corrected chi connectivity index (χ1v) is 7.26. The van der Waals surface area contributed by atoms with E-state index in [2.05, 4.69) is 22.1 Å². The molecule has 1 fully saturated rings. The normalized spacial score (nSPS) is 36.5. The van der Waals surface area contributed by atoms with Crippen molar-refractivity contribution in [1.29, 1.82) is 0 Å². The largest absolute Gasteiger partial charge is 1.00 e. The number of hydrogen-bond acceptors (Lipinski definition) is 11. The first kappa shape index (κ1) is 23.0. The molecule has 11 nitrogen and oxygen atoms in total. The molecule has 1 aliphatic heterocycles. The molecule has 1 aliphatic rings. The average molecular weight is 387 g/mol. The molecule has 1 heterocycles. The van der Waals surface area contributed by atoms with Crippen molar-refractivity contribution >= 4 is 28.9 Å². The molecule has 22 heavy (non-hydrogen) atoms. The van der Waals surface area contributed by atoms with E-state index in [0.29, 0.717) is 0 Å². The van der Waals surface area contributed by atoms with Gasteiger partial charge in [-0.1, -0.05) is 5.16 Å². The number of hydrogen-bond donors (Lipinski definition) is 6. The third-order valence-electron chi connectivity index (χ3n) is 2.69. The van der Waals surface area contributed by atoms with Crippen LogP contribution in [-0.4, -0.2) is 75.3 Å². The van der Waals surface area contributed by atoms with Crippen molar-refractivity contribution in [3.63, 3.8) is 0 Å². The zero-order valence-electron chi connectivity index (χ0n) is 11.3. The van der Waals surface area contributed by atoms with E-state index < -0.39 is 58.7 Å². The third-order valence-corrected chi connectivity index (χ3v) is 3.48. The minimum atomic E-state index is -4.97. The fourth-order valence-corrected chi connectivity index (χ4v) is 2.30. The minimum absolute atomic E-state index is 0. The van der Waals surface area contributed by atoms with Crippen LogP contribution >= 0.6 is 12.6 Å². The topological polar surface area (TPSA) is 189 Å². The molecule has 5 atom stereocenters. The van der Waals surface area contributed by atoms with E-state index in [4.69, 9.17) is 14.4 Å². The Hall–Kier alpha value is 0.966. The summed E-state index contributed by atoms with van der Waals surface area (Å²) >= 11 is 3.86. The molecule has 1 saturated heterocycles. The summed E-state index contributed by atoms with van der Waals surface area (Å²) in [5, 5.41) is 51.8. The van der Waals surface area contributed by atoms with Gasteiger partial charge in [0.05, 0.1) is 6.61 Å². The van der Waals surface area contributed by atoms with Crippen LogP contribution in [0, 0.1) is 0 Å². The molecular formula is C8H14KNO10S2. The van der Waals surface area contributed by atoms with Crippen molar-refractivity contribution in [2.75, 3.05) is 6.61 Å². The Kier molecular flexibility index (Phi) is 9.28. The van der Waals surface area contributed by atoms with Gasteiger partial charge >= 0.3 is 61.8 Å². The Morgan fingerprint density at radius 2 is 1.91 bits per heavy atom.